The van der Waals surface area contributed by atoms with Crippen LogP contribution in [0.5, 0.6) is 0 Å². The Morgan fingerprint density at radius 3 is 2.80 bits per heavy atom. The summed E-state index contributed by atoms with van der Waals surface area (Å²) < 4.78 is 0. The van der Waals surface area contributed by atoms with E-state index in [1.807, 2.05) is 41.3 Å². The van der Waals surface area contributed by atoms with Crippen LogP contribution in [-0.2, 0) is 11.2 Å². The van der Waals surface area contributed by atoms with Gasteiger partial charge in [-0.3, -0.25) is 14.8 Å². The molecule has 1 N–H and O–H groups in total. The molecule has 1 saturated heterocycles. The fraction of sp³-hybridized carbons (Fsp3) is 0.261. The molecule has 1 aliphatic heterocycles. The Bertz CT molecular complexity index is 976. The zero-order valence-electron chi connectivity index (χ0n) is 16.7. The summed E-state index contributed by atoms with van der Waals surface area (Å²) in [4.78, 5) is 31.8. The fourth-order valence-electron chi connectivity index (χ4n) is 3.57. The number of hydrogen-bond donors (Lipinski definition) is 1. The summed E-state index contributed by atoms with van der Waals surface area (Å²) >= 11 is 0. The highest BCUT2D eigenvalue weighted by molar-refractivity contribution is 5.91. The highest BCUT2D eigenvalue weighted by Gasteiger charge is 2.23. The SMILES string of the molecule is O=C(/C=C/c1cccnc1)N1CCCC(Cc2cnc(Nc3ccccn3)cn2)C1. The molecule has 1 amide bonds. The van der Waals surface area contributed by atoms with Gasteiger partial charge < -0.3 is 10.2 Å². The van der Waals surface area contributed by atoms with E-state index in [0.717, 1.165) is 49.4 Å². The molecule has 3 aromatic heterocycles. The minimum atomic E-state index is 0.0459. The first-order chi connectivity index (χ1) is 14.8. The number of pyridine rings is 2. The molecule has 1 atom stereocenters. The maximum atomic E-state index is 12.6. The summed E-state index contributed by atoms with van der Waals surface area (Å²) in [6.07, 6.45) is 15.1. The van der Waals surface area contributed by atoms with Gasteiger partial charge in [-0.2, -0.15) is 0 Å². The van der Waals surface area contributed by atoms with Crippen LogP contribution >= 0.6 is 0 Å². The van der Waals surface area contributed by atoms with Crippen molar-refractivity contribution in [3.05, 3.63) is 78.6 Å². The van der Waals surface area contributed by atoms with Crippen LogP contribution in [0, 0.1) is 5.92 Å². The third kappa shape index (κ3) is 5.47. The van der Waals surface area contributed by atoms with Gasteiger partial charge in [0.1, 0.15) is 11.6 Å². The average Bonchev–Trinajstić information content (AvgIpc) is 2.80. The van der Waals surface area contributed by atoms with E-state index in [1.54, 1.807) is 37.1 Å². The van der Waals surface area contributed by atoms with E-state index in [9.17, 15) is 4.79 Å². The highest BCUT2D eigenvalue weighted by Crippen LogP contribution is 2.21. The van der Waals surface area contributed by atoms with E-state index < -0.39 is 0 Å². The molecule has 3 aromatic rings. The van der Waals surface area contributed by atoms with Gasteiger partial charge in [0.2, 0.25) is 5.91 Å². The molecule has 0 bridgehead atoms. The quantitative estimate of drug-likeness (QED) is 0.638. The second kappa shape index (κ2) is 9.73. The Kier molecular flexibility index (Phi) is 6.39. The molecule has 1 fully saturated rings. The molecule has 0 radical (unpaired) electrons. The minimum Gasteiger partial charge on any atom is -0.339 e. The van der Waals surface area contributed by atoms with E-state index in [-0.39, 0.29) is 5.91 Å². The van der Waals surface area contributed by atoms with Crippen LogP contribution in [0.15, 0.2) is 67.4 Å². The topological polar surface area (TPSA) is 83.9 Å². The van der Waals surface area contributed by atoms with Crippen LogP contribution in [0.1, 0.15) is 24.1 Å². The van der Waals surface area contributed by atoms with Crippen molar-refractivity contribution in [2.24, 2.45) is 5.92 Å². The smallest absolute Gasteiger partial charge is 0.246 e. The number of anilines is 2. The van der Waals surface area contributed by atoms with Gasteiger partial charge in [-0.1, -0.05) is 12.1 Å². The standard InChI is InChI=1S/C23H24N6O/c30-23(9-8-18-5-3-10-24-14-18)29-12-4-6-19(17-29)13-20-15-27-22(16-26-20)28-21-7-1-2-11-25-21/h1-3,5,7-11,14-16,19H,4,6,12-13,17H2,(H,25,27,28)/b9-8+. The number of nitrogens with zero attached hydrogens (tertiary/aromatic N) is 5. The average molecular weight is 400 g/mol. The first kappa shape index (κ1) is 19.7. The third-order valence-corrected chi connectivity index (χ3v) is 5.06. The van der Waals surface area contributed by atoms with Gasteiger partial charge in [0.05, 0.1) is 18.1 Å². The summed E-state index contributed by atoms with van der Waals surface area (Å²) in [6, 6.07) is 9.46. The molecule has 0 aromatic carbocycles. The minimum absolute atomic E-state index is 0.0459. The predicted molar refractivity (Wildman–Crippen MR) is 116 cm³/mol. The van der Waals surface area contributed by atoms with Crippen LogP contribution in [-0.4, -0.2) is 43.8 Å². The Morgan fingerprint density at radius 1 is 1.07 bits per heavy atom. The van der Waals surface area contributed by atoms with Gasteiger partial charge in [-0.05, 0) is 55.0 Å². The van der Waals surface area contributed by atoms with E-state index in [2.05, 4.69) is 25.3 Å². The van der Waals surface area contributed by atoms with Crippen molar-refractivity contribution in [1.29, 1.82) is 0 Å². The number of likely N-dealkylation sites (tertiary alicyclic amines) is 1. The predicted octanol–water partition coefficient (Wildman–Crippen LogP) is 3.50. The van der Waals surface area contributed by atoms with Gasteiger partial charge in [-0.15, -0.1) is 0 Å². The second-order valence-corrected chi connectivity index (χ2v) is 7.35. The lowest BCUT2D eigenvalue weighted by Gasteiger charge is -2.32. The maximum Gasteiger partial charge on any atom is 0.246 e. The largest absolute Gasteiger partial charge is 0.339 e. The first-order valence-corrected chi connectivity index (χ1v) is 10.1. The van der Waals surface area contributed by atoms with E-state index >= 15 is 0 Å². The van der Waals surface area contributed by atoms with E-state index in [4.69, 9.17) is 0 Å². The third-order valence-electron chi connectivity index (χ3n) is 5.06. The van der Waals surface area contributed by atoms with Crippen LogP contribution < -0.4 is 5.32 Å². The lowest BCUT2D eigenvalue weighted by molar-refractivity contribution is -0.127. The summed E-state index contributed by atoms with van der Waals surface area (Å²) in [5.41, 5.74) is 1.86. The molecular formula is C23H24N6O. The number of amides is 1. The Morgan fingerprint density at radius 2 is 2.03 bits per heavy atom. The number of piperidine rings is 1. The molecule has 0 aliphatic carbocycles. The van der Waals surface area contributed by atoms with E-state index in [1.165, 1.54) is 0 Å². The van der Waals surface area contributed by atoms with Crippen molar-refractivity contribution < 1.29 is 4.79 Å². The monoisotopic (exact) mass is 400 g/mol. The second-order valence-electron chi connectivity index (χ2n) is 7.35. The van der Waals surface area contributed by atoms with Crippen molar-refractivity contribution in [3.8, 4) is 0 Å². The van der Waals surface area contributed by atoms with Crippen LogP contribution in [0.25, 0.3) is 6.08 Å². The Balaban J connectivity index is 1.31. The first-order valence-electron chi connectivity index (χ1n) is 10.1. The molecule has 30 heavy (non-hydrogen) atoms. The molecule has 7 heteroatoms. The molecule has 7 nitrogen and oxygen atoms in total. The van der Waals surface area contributed by atoms with Gasteiger partial charge in [0.25, 0.3) is 0 Å². The van der Waals surface area contributed by atoms with Crippen LogP contribution in [0.3, 0.4) is 0 Å². The summed E-state index contributed by atoms with van der Waals surface area (Å²) in [5, 5.41) is 3.13. The normalized spacial score (nSPS) is 16.5. The van der Waals surface area contributed by atoms with Crippen LogP contribution in [0.4, 0.5) is 11.6 Å². The van der Waals surface area contributed by atoms with Crippen molar-refractivity contribution in [1.82, 2.24) is 24.8 Å². The molecule has 0 spiro atoms. The van der Waals surface area contributed by atoms with Gasteiger partial charge in [0, 0.05) is 37.8 Å². The molecule has 4 rings (SSSR count). The van der Waals surface area contributed by atoms with Crippen molar-refractivity contribution in [2.45, 2.75) is 19.3 Å². The summed E-state index contributed by atoms with van der Waals surface area (Å²) in [7, 11) is 0. The molecule has 1 unspecified atom stereocenters. The number of aromatic nitrogens is 4. The number of rotatable bonds is 6. The van der Waals surface area contributed by atoms with Gasteiger partial charge in [-0.25, -0.2) is 9.97 Å². The lowest BCUT2D eigenvalue weighted by Crippen LogP contribution is -2.39. The molecule has 4 heterocycles. The van der Waals surface area contributed by atoms with Gasteiger partial charge in [0.15, 0.2) is 0 Å². The molecule has 152 valence electrons. The van der Waals surface area contributed by atoms with E-state index in [0.29, 0.717) is 11.7 Å². The van der Waals surface area contributed by atoms with Crippen molar-refractivity contribution in [2.75, 3.05) is 18.4 Å². The zero-order valence-corrected chi connectivity index (χ0v) is 16.7. The maximum absolute atomic E-state index is 12.6. The fourth-order valence-corrected chi connectivity index (χ4v) is 3.57. The summed E-state index contributed by atoms with van der Waals surface area (Å²) in [6.45, 7) is 1.54. The lowest BCUT2D eigenvalue weighted by atomic mass is 9.93. The zero-order chi connectivity index (χ0) is 20.6. The Hall–Kier alpha value is -3.61. The van der Waals surface area contributed by atoms with Crippen LogP contribution in [0.2, 0.25) is 0 Å². The van der Waals surface area contributed by atoms with Crippen molar-refractivity contribution >= 4 is 23.6 Å². The number of carbonyl (C=O) groups is 1. The summed E-state index contributed by atoms with van der Waals surface area (Å²) in [5.74, 6) is 1.83. The van der Waals surface area contributed by atoms with Crippen molar-refractivity contribution in [3.63, 3.8) is 0 Å². The highest BCUT2D eigenvalue weighted by atomic mass is 16.2. The molecule has 0 saturated carbocycles. The number of nitrogens with one attached hydrogen (secondary N) is 1. The van der Waals surface area contributed by atoms with Gasteiger partial charge >= 0.3 is 0 Å². The molecule has 1 aliphatic rings. The number of carbonyl (C=O) groups excluding carboxylic acids is 1. The Labute approximate surface area is 175 Å². The molecular weight excluding hydrogens is 376 g/mol. The number of hydrogen-bond acceptors (Lipinski definition) is 6.